The van der Waals surface area contributed by atoms with Crippen molar-refractivity contribution in [2.24, 2.45) is 0 Å². The molecule has 1 fully saturated rings. The van der Waals surface area contributed by atoms with Crippen molar-refractivity contribution in [1.29, 1.82) is 0 Å². The average molecular weight is 225 g/mol. The Bertz CT molecular complexity index is 357. The Morgan fingerprint density at radius 1 is 1.33 bits per heavy atom. The number of hydrogen-bond donors (Lipinski definition) is 1. The highest BCUT2D eigenvalue weighted by Gasteiger charge is 2.27. The van der Waals surface area contributed by atoms with E-state index in [1.165, 1.54) is 4.88 Å². The molecule has 2 heterocycles. The number of ether oxygens (including phenoxy) is 1. The molecule has 2 unspecified atom stereocenters. The molecule has 1 aromatic rings. The van der Waals surface area contributed by atoms with Gasteiger partial charge >= 0.3 is 0 Å². The van der Waals surface area contributed by atoms with Gasteiger partial charge in [-0.15, -0.1) is 11.3 Å². The number of aliphatic hydroxyl groups excluding tert-OH is 1. The van der Waals surface area contributed by atoms with Crippen molar-refractivity contribution in [1.82, 2.24) is 4.98 Å². The van der Waals surface area contributed by atoms with Gasteiger partial charge in [0.25, 0.3) is 0 Å². The van der Waals surface area contributed by atoms with E-state index in [2.05, 4.69) is 4.98 Å². The first-order valence-electron chi connectivity index (χ1n) is 5.64. The molecule has 1 aromatic heterocycles. The minimum atomic E-state index is -0.333. The van der Waals surface area contributed by atoms with E-state index in [0.717, 1.165) is 49.4 Å². The molecule has 0 aromatic carbocycles. The molecule has 0 bridgehead atoms. The van der Waals surface area contributed by atoms with Crippen molar-refractivity contribution in [3.63, 3.8) is 0 Å². The molecule has 0 radical (unpaired) electrons. The van der Waals surface area contributed by atoms with Crippen LogP contribution in [0.25, 0.3) is 0 Å². The largest absolute Gasteiger partial charge is 0.387 e. The minimum absolute atomic E-state index is 0.202. The van der Waals surface area contributed by atoms with Crippen molar-refractivity contribution in [2.45, 2.75) is 44.3 Å². The third kappa shape index (κ3) is 1.71. The molecule has 2 atom stereocenters. The van der Waals surface area contributed by atoms with Crippen LogP contribution >= 0.6 is 11.3 Å². The van der Waals surface area contributed by atoms with Crippen LogP contribution in [0.1, 0.15) is 53.5 Å². The zero-order chi connectivity index (χ0) is 10.3. The Kier molecular flexibility index (Phi) is 2.50. The molecule has 1 aliphatic heterocycles. The lowest BCUT2D eigenvalue weighted by Crippen LogP contribution is -2.07. The Hall–Kier alpha value is -0.450. The van der Waals surface area contributed by atoms with Crippen molar-refractivity contribution in [2.75, 3.05) is 6.61 Å². The Morgan fingerprint density at radius 2 is 2.27 bits per heavy atom. The summed E-state index contributed by atoms with van der Waals surface area (Å²) in [6.07, 6.45) is 5.12. The van der Waals surface area contributed by atoms with Gasteiger partial charge in [-0.05, 0) is 32.1 Å². The molecular weight excluding hydrogens is 210 g/mol. The Labute approximate surface area is 93.1 Å². The highest BCUT2D eigenvalue weighted by atomic mass is 32.1. The summed E-state index contributed by atoms with van der Waals surface area (Å²) in [6, 6.07) is 0. The van der Waals surface area contributed by atoms with Crippen molar-refractivity contribution < 1.29 is 9.84 Å². The second-order valence-corrected chi connectivity index (χ2v) is 5.39. The van der Waals surface area contributed by atoms with Gasteiger partial charge < -0.3 is 9.84 Å². The van der Waals surface area contributed by atoms with Crippen molar-refractivity contribution >= 4 is 11.3 Å². The minimum Gasteiger partial charge on any atom is -0.387 e. The highest BCUT2D eigenvalue weighted by molar-refractivity contribution is 7.11. The van der Waals surface area contributed by atoms with Crippen LogP contribution in [0.3, 0.4) is 0 Å². The van der Waals surface area contributed by atoms with Gasteiger partial charge in [-0.2, -0.15) is 0 Å². The van der Waals surface area contributed by atoms with Gasteiger partial charge in [0.15, 0.2) is 0 Å². The van der Waals surface area contributed by atoms with Gasteiger partial charge in [-0.3, -0.25) is 0 Å². The van der Waals surface area contributed by atoms with Gasteiger partial charge in [-0.25, -0.2) is 4.98 Å². The van der Waals surface area contributed by atoms with Crippen LogP contribution in [0, 0.1) is 0 Å². The summed E-state index contributed by atoms with van der Waals surface area (Å²) in [4.78, 5) is 5.83. The lowest BCUT2D eigenvalue weighted by atomic mass is 10.0. The molecule has 0 saturated carbocycles. The number of nitrogens with zero attached hydrogens (tertiary/aromatic N) is 1. The van der Waals surface area contributed by atoms with E-state index in [4.69, 9.17) is 4.74 Å². The standard InChI is InChI=1S/C11H15NO2S/c13-7-3-1-5-9-10(7)12-11(15-9)8-4-2-6-14-8/h7-8,13H,1-6H2. The fourth-order valence-electron chi connectivity index (χ4n) is 2.32. The number of rotatable bonds is 1. The van der Waals surface area contributed by atoms with Crippen LogP contribution in [0.5, 0.6) is 0 Å². The fraction of sp³-hybridized carbons (Fsp3) is 0.727. The maximum Gasteiger partial charge on any atom is 0.122 e. The average Bonchev–Trinajstić information content (AvgIpc) is 2.86. The summed E-state index contributed by atoms with van der Waals surface area (Å²) >= 11 is 1.74. The Balaban J connectivity index is 1.90. The van der Waals surface area contributed by atoms with E-state index in [-0.39, 0.29) is 12.2 Å². The monoisotopic (exact) mass is 225 g/mol. The lowest BCUT2D eigenvalue weighted by molar-refractivity contribution is 0.110. The van der Waals surface area contributed by atoms with Crippen LogP contribution in [-0.4, -0.2) is 16.7 Å². The SMILES string of the molecule is OC1CCCc2sc(C3CCCO3)nc21. The number of aliphatic hydroxyl groups is 1. The second kappa shape index (κ2) is 3.85. The molecule has 82 valence electrons. The predicted molar refractivity (Wildman–Crippen MR) is 57.9 cm³/mol. The van der Waals surface area contributed by atoms with Gasteiger partial charge in [0.1, 0.15) is 11.1 Å². The van der Waals surface area contributed by atoms with Crippen LogP contribution in [0.15, 0.2) is 0 Å². The quantitative estimate of drug-likeness (QED) is 0.797. The molecule has 3 nitrogen and oxygen atoms in total. The smallest absolute Gasteiger partial charge is 0.122 e. The number of thiazole rings is 1. The van der Waals surface area contributed by atoms with Gasteiger partial charge in [0, 0.05) is 11.5 Å². The molecule has 15 heavy (non-hydrogen) atoms. The summed E-state index contributed by atoms with van der Waals surface area (Å²) in [5, 5.41) is 10.9. The molecular formula is C11H15NO2S. The second-order valence-electron chi connectivity index (χ2n) is 4.27. The molecule has 4 heteroatoms. The fourth-order valence-corrected chi connectivity index (χ4v) is 3.57. The summed E-state index contributed by atoms with van der Waals surface area (Å²) in [6.45, 7) is 0.859. The van der Waals surface area contributed by atoms with E-state index < -0.39 is 0 Å². The van der Waals surface area contributed by atoms with Crippen molar-refractivity contribution in [3.05, 3.63) is 15.6 Å². The third-order valence-electron chi connectivity index (χ3n) is 3.15. The lowest BCUT2D eigenvalue weighted by Gasteiger charge is -2.14. The van der Waals surface area contributed by atoms with E-state index >= 15 is 0 Å². The molecule has 3 rings (SSSR count). The predicted octanol–water partition coefficient (Wildman–Crippen LogP) is 2.36. The van der Waals surface area contributed by atoms with E-state index in [1.807, 2.05) is 0 Å². The molecule has 0 amide bonds. The molecule has 2 aliphatic rings. The molecule has 1 saturated heterocycles. The normalized spacial score (nSPS) is 30.5. The van der Waals surface area contributed by atoms with E-state index in [0.29, 0.717) is 0 Å². The number of hydrogen-bond acceptors (Lipinski definition) is 4. The zero-order valence-corrected chi connectivity index (χ0v) is 9.42. The Morgan fingerprint density at radius 3 is 3.00 bits per heavy atom. The van der Waals surface area contributed by atoms with Crippen LogP contribution in [0.4, 0.5) is 0 Å². The van der Waals surface area contributed by atoms with Crippen molar-refractivity contribution in [3.8, 4) is 0 Å². The summed E-state index contributed by atoms with van der Waals surface area (Å²) in [5.74, 6) is 0. The number of fused-ring (bicyclic) bond motifs is 1. The van der Waals surface area contributed by atoms with Crippen LogP contribution in [0.2, 0.25) is 0 Å². The van der Waals surface area contributed by atoms with Gasteiger partial charge in [-0.1, -0.05) is 0 Å². The first-order chi connectivity index (χ1) is 7.34. The summed E-state index contributed by atoms with van der Waals surface area (Å²) < 4.78 is 5.62. The first kappa shape index (κ1) is 9.75. The zero-order valence-electron chi connectivity index (χ0n) is 8.61. The summed E-state index contributed by atoms with van der Waals surface area (Å²) in [5.41, 5.74) is 0.928. The van der Waals surface area contributed by atoms with Gasteiger partial charge in [0.05, 0.1) is 11.8 Å². The van der Waals surface area contributed by atoms with Crippen LogP contribution in [-0.2, 0) is 11.2 Å². The number of aromatic nitrogens is 1. The first-order valence-corrected chi connectivity index (χ1v) is 6.45. The molecule has 1 aliphatic carbocycles. The number of aryl methyl sites for hydroxylation is 1. The third-order valence-corrected chi connectivity index (χ3v) is 4.37. The topological polar surface area (TPSA) is 42.4 Å². The van der Waals surface area contributed by atoms with E-state index in [1.54, 1.807) is 11.3 Å². The van der Waals surface area contributed by atoms with E-state index in [9.17, 15) is 5.11 Å². The highest BCUT2D eigenvalue weighted by Crippen LogP contribution is 2.38. The van der Waals surface area contributed by atoms with Crippen LogP contribution < -0.4 is 0 Å². The summed E-state index contributed by atoms with van der Waals surface area (Å²) in [7, 11) is 0. The maximum absolute atomic E-state index is 9.82. The van der Waals surface area contributed by atoms with Gasteiger partial charge in [0.2, 0.25) is 0 Å². The molecule has 0 spiro atoms. The molecule has 1 N–H and O–H groups in total. The maximum atomic E-state index is 9.82.